The quantitative estimate of drug-likeness (QED) is 0.0511. The number of hydrogen-bond acceptors (Lipinski definition) is 1. The molecular formula is C31H63IO. The Kier molecular flexibility index (Phi) is 33.4. The number of halogens is 1. The SMILES string of the molecule is OCCCCCCCCCCCCCCCCCCCCCCCCCCCCCCCI. The van der Waals surface area contributed by atoms with E-state index in [1.807, 2.05) is 0 Å². The molecule has 1 N–H and O–H groups in total. The lowest BCUT2D eigenvalue weighted by Gasteiger charge is -2.04. The van der Waals surface area contributed by atoms with Gasteiger partial charge in [-0.3, -0.25) is 0 Å². The maximum atomic E-state index is 8.77. The van der Waals surface area contributed by atoms with Crippen molar-refractivity contribution in [2.75, 3.05) is 11.0 Å². The van der Waals surface area contributed by atoms with Gasteiger partial charge in [-0.25, -0.2) is 0 Å². The molecule has 0 atom stereocenters. The average molecular weight is 579 g/mol. The van der Waals surface area contributed by atoms with Crippen LogP contribution in [-0.2, 0) is 0 Å². The summed E-state index contributed by atoms with van der Waals surface area (Å²) in [6, 6.07) is 0. The Morgan fingerprint density at radius 2 is 0.394 bits per heavy atom. The molecular weight excluding hydrogens is 515 g/mol. The molecule has 0 aromatic rings. The normalized spacial score (nSPS) is 11.5. The highest BCUT2D eigenvalue weighted by molar-refractivity contribution is 14.1. The van der Waals surface area contributed by atoms with Gasteiger partial charge in [-0.2, -0.15) is 0 Å². The van der Waals surface area contributed by atoms with Gasteiger partial charge in [0, 0.05) is 6.61 Å². The summed E-state index contributed by atoms with van der Waals surface area (Å²) >= 11 is 2.50. The van der Waals surface area contributed by atoms with E-state index in [4.69, 9.17) is 5.11 Å². The number of hydrogen-bond donors (Lipinski definition) is 1. The standard InChI is InChI=1S/C31H63IO/c32-30-28-26-24-22-20-18-16-14-12-10-8-6-4-2-1-3-5-7-9-11-13-15-17-19-21-23-25-27-29-31-33/h33H,1-31H2. The van der Waals surface area contributed by atoms with Gasteiger partial charge in [0.2, 0.25) is 0 Å². The summed E-state index contributed by atoms with van der Waals surface area (Å²) < 4.78 is 1.34. The van der Waals surface area contributed by atoms with Crippen LogP contribution in [0.15, 0.2) is 0 Å². The molecule has 33 heavy (non-hydrogen) atoms. The van der Waals surface area contributed by atoms with Crippen LogP contribution in [0.25, 0.3) is 0 Å². The number of rotatable bonds is 30. The van der Waals surface area contributed by atoms with Crippen LogP contribution in [0, 0.1) is 0 Å². The molecule has 0 saturated heterocycles. The third kappa shape index (κ3) is 32.7. The second-order valence-electron chi connectivity index (χ2n) is 10.7. The zero-order valence-electron chi connectivity index (χ0n) is 22.7. The Bertz CT molecular complexity index is 290. The fraction of sp³-hybridized carbons (Fsp3) is 1.00. The van der Waals surface area contributed by atoms with Gasteiger partial charge in [-0.05, 0) is 17.3 Å². The fourth-order valence-electron chi connectivity index (χ4n) is 4.98. The van der Waals surface area contributed by atoms with E-state index in [-0.39, 0.29) is 0 Å². The summed E-state index contributed by atoms with van der Waals surface area (Å²) in [6.45, 7) is 0.374. The third-order valence-corrected chi connectivity index (χ3v) is 8.05. The fourth-order valence-corrected chi connectivity index (χ4v) is 5.52. The van der Waals surface area contributed by atoms with Crippen molar-refractivity contribution >= 4 is 22.6 Å². The van der Waals surface area contributed by atoms with Gasteiger partial charge in [0.05, 0.1) is 0 Å². The molecule has 0 saturated carbocycles. The first-order valence-corrected chi connectivity index (χ1v) is 17.1. The molecule has 0 radical (unpaired) electrons. The van der Waals surface area contributed by atoms with Gasteiger partial charge >= 0.3 is 0 Å². The van der Waals surface area contributed by atoms with E-state index in [1.165, 1.54) is 184 Å². The van der Waals surface area contributed by atoms with Crippen molar-refractivity contribution in [3.8, 4) is 0 Å². The molecule has 0 heterocycles. The van der Waals surface area contributed by atoms with E-state index in [0.29, 0.717) is 6.61 Å². The van der Waals surface area contributed by atoms with Gasteiger partial charge in [0.15, 0.2) is 0 Å². The van der Waals surface area contributed by atoms with Crippen molar-refractivity contribution in [3.05, 3.63) is 0 Å². The highest BCUT2D eigenvalue weighted by atomic mass is 127. The van der Waals surface area contributed by atoms with Crippen molar-refractivity contribution in [2.45, 2.75) is 186 Å². The molecule has 0 aromatic heterocycles. The summed E-state index contributed by atoms with van der Waals surface area (Å²) in [5, 5.41) is 8.77. The van der Waals surface area contributed by atoms with Crippen molar-refractivity contribution in [2.24, 2.45) is 0 Å². The minimum atomic E-state index is 0.374. The Morgan fingerprint density at radius 3 is 0.545 bits per heavy atom. The molecule has 0 fully saturated rings. The summed E-state index contributed by atoms with van der Waals surface area (Å²) in [5.41, 5.74) is 0. The van der Waals surface area contributed by atoms with Crippen LogP contribution in [0.2, 0.25) is 0 Å². The zero-order chi connectivity index (χ0) is 23.9. The van der Waals surface area contributed by atoms with E-state index in [9.17, 15) is 0 Å². The molecule has 0 bridgehead atoms. The lowest BCUT2D eigenvalue weighted by Crippen LogP contribution is -1.85. The third-order valence-electron chi connectivity index (χ3n) is 7.29. The smallest absolute Gasteiger partial charge is 0.0431 e. The lowest BCUT2D eigenvalue weighted by molar-refractivity contribution is 0.282. The van der Waals surface area contributed by atoms with Gasteiger partial charge in [0.1, 0.15) is 0 Å². The first-order chi connectivity index (χ1) is 16.4. The molecule has 0 aromatic carbocycles. The van der Waals surface area contributed by atoms with E-state index in [2.05, 4.69) is 22.6 Å². The lowest BCUT2D eigenvalue weighted by atomic mass is 10.0. The van der Waals surface area contributed by atoms with Crippen molar-refractivity contribution in [1.29, 1.82) is 0 Å². The van der Waals surface area contributed by atoms with Crippen LogP contribution in [-0.4, -0.2) is 16.1 Å². The number of aliphatic hydroxyl groups is 1. The highest BCUT2D eigenvalue weighted by Crippen LogP contribution is 2.16. The van der Waals surface area contributed by atoms with Crippen LogP contribution < -0.4 is 0 Å². The van der Waals surface area contributed by atoms with Crippen LogP contribution >= 0.6 is 22.6 Å². The van der Waals surface area contributed by atoms with Gasteiger partial charge < -0.3 is 5.11 Å². The molecule has 2 heteroatoms. The Hall–Kier alpha value is 0.690. The van der Waals surface area contributed by atoms with Crippen molar-refractivity contribution in [1.82, 2.24) is 0 Å². The van der Waals surface area contributed by atoms with Crippen molar-refractivity contribution < 1.29 is 5.11 Å². The minimum absolute atomic E-state index is 0.374. The molecule has 0 aliphatic carbocycles. The predicted octanol–water partition coefficient (Wildman–Crippen LogP) is 11.7. The van der Waals surface area contributed by atoms with E-state index in [1.54, 1.807) is 0 Å². The topological polar surface area (TPSA) is 20.2 Å². The predicted molar refractivity (Wildman–Crippen MR) is 160 cm³/mol. The summed E-state index contributed by atoms with van der Waals surface area (Å²) in [6.07, 6.45) is 41.6. The molecule has 200 valence electrons. The first-order valence-electron chi connectivity index (χ1n) is 15.6. The van der Waals surface area contributed by atoms with Crippen molar-refractivity contribution in [3.63, 3.8) is 0 Å². The van der Waals surface area contributed by atoms with Gasteiger partial charge in [-0.1, -0.05) is 196 Å². The molecule has 0 aliphatic rings. The maximum absolute atomic E-state index is 8.77. The van der Waals surface area contributed by atoms with Gasteiger partial charge in [0.25, 0.3) is 0 Å². The number of alkyl halides is 1. The minimum Gasteiger partial charge on any atom is -0.396 e. The molecule has 0 rings (SSSR count). The largest absolute Gasteiger partial charge is 0.396 e. The number of unbranched alkanes of at least 4 members (excludes halogenated alkanes) is 28. The first kappa shape index (κ1) is 33.7. The van der Waals surface area contributed by atoms with Crippen LogP contribution in [0.3, 0.4) is 0 Å². The van der Waals surface area contributed by atoms with E-state index >= 15 is 0 Å². The number of aliphatic hydroxyl groups excluding tert-OH is 1. The van der Waals surface area contributed by atoms with Gasteiger partial charge in [-0.15, -0.1) is 0 Å². The highest BCUT2D eigenvalue weighted by Gasteiger charge is 1.96. The summed E-state index contributed by atoms with van der Waals surface area (Å²) in [7, 11) is 0. The second-order valence-corrected chi connectivity index (χ2v) is 11.7. The Morgan fingerprint density at radius 1 is 0.242 bits per heavy atom. The Labute approximate surface area is 224 Å². The average Bonchev–Trinajstić information content (AvgIpc) is 2.83. The molecule has 0 spiro atoms. The molecule has 0 unspecified atom stereocenters. The Balaban J connectivity index is 2.99. The second kappa shape index (κ2) is 32.7. The monoisotopic (exact) mass is 578 g/mol. The molecule has 0 aliphatic heterocycles. The van der Waals surface area contributed by atoms with E-state index in [0.717, 1.165) is 6.42 Å². The summed E-state index contributed by atoms with van der Waals surface area (Å²) in [4.78, 5) is 0. The van der Waals surface area contributed by atoms with Crippen LogP contribution in [0.4, 0.5) is 0 Å². The van der Waals surface area contributed by atoms with Crippen LogP contribution in [0.1, 0.15) is 186 Å². The molecule has 0 amide bonds. The maximum Gasteiger partial charge on any atom is 0.0431 e. The molecule has 1 nitrogen and oxygen atoms in total. The summed E-state index contributed by atoms with van der Waals surface area (Å²) in [5.74, 6) is 0. The van der Waals surface area contributed by atoms with E-state index < -0.39 is 0 Å². The zero-order valence-corrected chi connectivity index (χ0v) is 24.9. The van der Waals surface area contributed by atoms with Crippen LogP contribution in [0.5, 0.6) is 0 Å².